The lowest BCUT2D eigenvalue weighted by atomic mass is 10.3. The molecule has 0 atom stereocenters. The van der Waals surface area contributed by atoms with Crippen molar-refractivity contribution in [1.82, 2.24) is 14.7 Å². The van der Waals surface area contributed by atoms with Crippen molar-refractivity contribution in [2.24, 2.45) is 0 Å². The van der Waals surface area contributed by atoms with E-state index in [-0.39, 0.29) is 11.8 Å². The molecule has 2 amide bonds. The summed E-state index contributed by atoms with van der Waals surface area (Å²) >= 11 is 0. The van der Waals surface area contributed by atoms with Crippen LogP contribution in [0.15, 0.2) is 0 Å². The van der Waals surface area contributed by atoms with Gasteiger partial charge in [0.05, 0.1) is 0 Å². The van der Waals surface area contributed by atoms with Crippen LogP contribution in [0.5, 0.6) is 0 Å². The number of carbonyl (C=O) groups is 2. The first-order chi connectivity index (χ1) is 7.60. The summed E-state index contributed by atoms with van der Waals surface area (Å²) in [4.78, 5) is 29.1. The Morgan fingerprint density at radius 1 is 1.06 bits per heavy atom. The molecule has 1 aliphatic rings. The Balaban J connectivity index is 2.53. The molecule has 1 heterocycles. The van der Waals surface area contributed by atoms with Gasteiger partial charge in [0.25, 0.3) is 0 Å². The van der Waals surface area contributed by atoms with Crippen molar-refractivity contribution in [2.45, 2.75) is 13.8 Å². The van der Waals surface area contributed by atoms with E-state index in [0.717, 1.165) is 13.1 Å². The van der Waals surface area contributed by atoms with Gasteiger partial charge in [-0.3, -0.25) is 9.59 Å². The lowest BCUT2D eigenvalue weighted by Gasteiger charge is -2.33. The van der Waals surface area contributed by atoms with Gasteiger partial charge in [-0.25, -0.2) is 0 Å². The molecule has 1 saturated heterocycles. The molecular formula is C11H21N3O2. The summed E-state index contributed by atoms with van der Waals surface area (Å²) in [6.45, 7) is 7.96. The minimum Gasteiger partial charge on any atom is -0.335 e. The predicted molar refractivity (Wildman–Crippen MR) is 62.0 cm³/mol. The smallest absolute Gasteiger partial charge is 0.312 e. The number of carbonyl (C=O) groups excluding carboxylic acids is 2. The van der Waals surface area contributed by atoms with Crippen LogP contribution in [0, 0.1) is 0 Å². The summed E-state index contributed by atoms with van der Waals surface area (Å²) in [5, 5.41) is 0. The van der Waals surface area contributed by atoms with Crippen molar-refractivity contribution in [2.75, 3.05) is 46.3 Å². The lowest BCUT2D eigenvalue weighted by molar-refractivity contribution is -0.152. The zero-order valence-electron chi connectivity index (χ0n) is 10.4. The van der Waals surface area contributed by atoms with Crippen LogP contribution in [0.25, 0.3) is 0 Å². The number of hydrogen-bond donors (Lipinski definition) is 0. The largest absolute Gasteiger partial charge is 0.335 e. The summed E-state index contributed by atoms with van der Waals surface area (Å²) < 4.78 is 0. The van der Waals surface area contributed by atoms with Crippen LogP contribution in [-0.2, 0) is 9.59 Å². The van der Waals surface area contributed by atoms with Gasteiger partial charge in [-0.2, -0.15) is 0 Å². The number of likely N-dealkylation sites (N-methyl/N-ethyl adjacent to an activating group) is 2. The molecular weight excluding hydrogens is 206 g/mol. The highest BCUT2D eigenvalue weighted by molar-refractivity contribution is 6.34. The first-order valence-corrected chi connectivity index (χ1v) is 5.86. The van der Waals surface area contributed by atoms with E-state index in [1.807, 2.05) is 20.9 Å². The Bertz CT molecular complexity index is 256. The maximum atomic E-state index is 11.9. The summed E-state index contributed by atoms with van der Waals surface area (Å²) in [6, 6.07) is 0. The second-order valence-corrected chi connectivity index (χ2v) is 4.07. The van der Waals surface area contributed by atoms with Crippen molar-refractivity contribution in [1.29, 1.82) is 0 Å². The Morgan fingerprint density at radius 3 is 2.00 bits per heavy atom. The van der Waals surface area contributed by atoms with E-state index in [2.05, 4.69) is 4.90 Å². The predicted octanol–water partition coefficient (Wildman–Crippen LogP) is -0.371. The van der Waals surface area contributed by atoms with Crippen LogP contribution in [-0.4, -0.2) is 72.8 Å². The highest BCUT2D eigenvalue weighted by atomic mass is 16.2. The molecule has 5 nitrogen and oxygen atoms in total. The van der Waals surface area contributed by atoms with E-state index in [0.29, 0.717) is 26.2 Å². The van der Waals surface area contributed by atoms with Crippen LogP contribution < -0.4 is 0 Å². The average molecular weight is 227 g/mol. The summed E-state index contributed by atoms with van der Waals surface area (Å²) in [6.07, 6.45) is 0. The molecule has 16 heavy (non-hydrogen) atoms. The van der Waals surface area contributed by atoms with Gasteiger partial charge in [-0.05, 0) is 20.9 Å². The molecule has 1 fully saturated rings. The molecule has 0 radical (unpaired) electrons. The fraction of sp³-hybridized carbons (Fsp3) is 0.818. The second kappa shape index (κ2) is 5.84. The van der Waals surface area contributed by atoms with Crippen LogP contribution in [0.2, 0.25) is 0 Å². The number of hydrogen-bond acceptors (Lipinski definition) is 3. The van der Waals surface area contributed by atoms with Crippen LogP contribution in [0.3, 0.4) is 0 Å². The maximum Gasteiger partial charge on any atom is 0.312 e. The third kappa shape index (κ3) is 2.95. The summed E-state index contributed by atoms with van der Waals surface area (Å²) in [5.74, 6) is -0.716. The van der Waals surface area contributed by atoms with Crippen molar-refractivity contribution < 1.29 is 9.59 Å². The Hall–Kier alpha value is -1.10. The minimum atomic E-state index is -0.366. The zero-order chi connectivity index (χ0) is 12.1. The van der Waals surface area contributed by atoms with Gasteiger partial charge in [0, 0.05) is 39.3 Å². The van der Waals surface area contributed by atoms with Crippen LogP contribution in [0.4, 0.5) is 0 Å². The molecule has 0 aromatic carbocycles. The van der Waals surface area contributed by atoms with E-state index in [9.17, 15) is 9.59 Å². The normalized spacial score (nSPS) is 17.3. The first-order valence-electron chi connectivity index (χ1n) is 5.86. The van der Waals surface area contributed by atoms with Crippen molar-refractivity contribution >= 4 is 11.8 Å². The van der Waals surface area contributed by atoms with Gasteiger partial charge in [0.15, 0.2) is 0 Å². The fourth-order valence-corrected chi connectivity index (χ4v) is 1.79. The Labute approximate surface area is 97.0 Å². The highest BCUT2D eigenvalue weighted by Crippen LogP contribution is 2.02. The van der Waals surface area contributed by atoms with E-state index in [1.165, 1.54) is 0 Å². The van der Waals surface area contributed by atoms with Crippen molar-refractivity contribution in [3.8, 4) is 0 Å². The molecule has 0 bridgehead atoms. The van der Waals surface area contributed by atoms with Gasteiger partial charge in [-0.15, -0.1) is 0 Å². The topological polar surface area (TPSA) is 43.9 Å². The molecule has 0 saturated carbocycles. The fourth-order valence-electron chi connectivity index (χ4n) is 1.79. The molecule has 0 spiro atoms. The maximum absolute atomic E-state index is 11.9. The molecule has 0 N–H and O–H groups in total. The monoisotopic (exact) mass is 227 g/mol. The number of rotatable bonds is 2. The van der Waals surface area contributed by atoms with E-state index >= 15 is 0 Å². The molecule has 5 heteroatoms. The SMILES string of the molecule is CCN(CC)C(=O)C(=O)N1CCN(C)CC1. The molecule has 0 aromatic heterocycles. The van der Waals surface area contributed by atoms with Gasteiger partial charge in [0.1, 0.15) is 0 Å². The second-order valence-electron chi connectivity index (χ2n) is 4.07. The quantitative estimate of drug-likeness (QED) is 0.605. The van der Waals surface area contributed by atoms with Crippen molar-refractivity contribution in [3.63, 3.8) is 0 Å². The van der Waals surface area contributed by atoms with Gasteiger partial charge >= 0.3 is 11.8 Å². The minimum absolute atomic E-state index is 0.350. The standard InChI is InChI=1S/C11H21N3O2/c1-4-13(5-2)10(15)11(16)14-8-6-12(3)7-9-14/h4-9H2,1-3H3. The average Bonchev–Trinajstić information content (AvgIpc) is 2.30. The summed E-state index contributed by atoms with van der Waals surface area (Å²) in [5.41, 5.74) is 0. The number of amides is 2. The molecule has 0 unspecified atom stereocenters. The number of piperazine rings is 1. The lowest BCUT2D eigenvalue weighted by Crippen LogP contribution is -2.52. The Morgan fingerprint density at radius 2 is 1.56 bits per heavy atom. The van der Waals surface area contributed by atoms with Crippen molar-refractivity contribution in [3.05, 3.63) is 0 Å². The first kappa shape index (κ1) is 13.0. The Kier molecular flexibility index (Phi) is 4.73. The molecule has 1 rings (SSSR count). The molecule has 0 aliphatic carbocycles. The molecule has 1 aliphatic heterocycles. The zero-order valence-corrected chi connectivity index (χ0v) is 10.4. The number of nitrogens with zero attached hydrogens (tertiary/aromatic N) is 3. The van der Waals surface area contributed by atoms with E-state index in [1.54, 1.807) is 9.80 Å². The molecule has 0 aromatic rings. The van der Waals surface area contributed by atoms with Gasteiger partial charge < -0.3 is 14.7 Å². The summed E-state index contributed by atoms with van der Waals surface area (Å²) in [7, 11) is 2.02. The van der Waals surface area contributed by atoms with Gasteiger partial charge in [-0.1, -0.05) is 0 Å². The highest BCUT2D eigenvalue weighted by Gasteiger charge is 2.27. The van der Waals surface area contributed by atoms with Gasteiger partial charge in [0.2, 0.25) is 0 Å². The van der Waals surface area contributed by atoms with Crippen LogP contribution >= 0.6 is 0 Å². The molecule has 92 valence electrons. The third-order valence-electron chi connectivity index (χ3n) is 3.02. The third-order valence-corrected chi connectivity index (χ3v) is 3.02. The van der Waals surface area contributed by atoms with Crippen LogP contribution in [0.1, 0.15) is 13.8 Å². The van der Waals surface area contributed by atoms with E-state index in [4.69, 9.17) is 0 Å². The van der Waals surface area contributed by atoms with E-state index < -0.39 is 0 Å².